The number of rotatable bonds is 4. The van der Waals surface area contributed by atoms with Gasteiger partial charge in [0.2, 0.25) is 0 Å². The molecule has 1 aromatic rings. The van der Waals surface area contributed by atoms with Gasteiger partial charge in [0.1, 0.15) is 5.75 Å². The van der Waals surface area contributed by atoms with Crippen LogP contribution < -0.4 is 10.1 Å². The number of hydrogen-bond acceptors (Lipinski definition) is 3. The molecule has 0 radical (unpaired) electrons. The number of methoxy groups -OCH3 is 1. The number of ether oxygens (including phenoxy) is 1. The largest absolute Gasteiger partial charge is 0.497 e. The van der Waals surface area contributed by atoms with E-state index in [-0.39, 0.29) is 0 Å². The SMILES string of the molecule is COc1cccc(NC(C)C2CCN(C)CC2)c1. The van der Waals surface area contributed by atoms with Crippen LogP contribution in [0.25, 0.3) is 0 Å². The highest BCUT2D eigenvalue weighted by molar-refractivity contribution is 5.48. The first-order valence-electron chi connectivity index (χ1n) is 6.78. The molecule has 0 aliphatic carbocycles. The van der Waals surface area contributed by atoms with Crippen LogP contribution in [0.2, 0.25) is 0 Å². The molecule has 3 heteroatoms. The monoisotopic (exact) mass is 248 g/mol. The molecule has 18 heavy (non-hydrogen) atoms. The van der Waals surface area contributed by atoms with E-state index in [2.05, 4.69) is 36.3 Å². The van der Waals surface area contributed by atoms with Gasteiger partial charge in [0, 0.05) is 17.8 Å². The van der Waals surface area contributed by atoms with E-state index in [0.717, 1.165) is 17.4 Å². The summed E-state index contributed by atoms with van der Waals surface area (Å²) >= 11 is 0. The second-order valence-corrected chi connectivity index (χ2v) is 5.31. The molecule has 1 aromatic carbocycles. The van der Waals surface area contributed by atoms with Gasteiger partial charge in [0.15, 0.2) is 0 Å². The van der Waals surface area contributed by atoms with Crippen molar-refractivity contribution < 1.29 is 4.74 Å². The van der Waals surface area contributed by atoms with E-state index in [1.807, 2.05) is 12.1 Å². The van der Waals surface area contributed by atoms with Crippen molar-refractivity contribution in [2.75, 3.05) is 32.6 Å². The third kappa shape index (κ3) is 3.39. The van der Waals surface area contributed by atoms with Crippen LogP contribution in [0.4, 0.5) is 5.69 Å². The molecule has 1 heterocycles. The van der Waals surface area contributed by atoms with Gasteiger partial charge >= 0.3 is 0 Å². The standard InChI is InChI=1S/C15H24N2O/c1-12(13-7-9-17(2)10-8-13)16-14-5-4-6-15(11-14)18-3/h4-6,11-13,16H,7-10H2,1-3H3. The molecule has 0 bridgehead atoms. The Morgan fingerprint density at radius 1 is 1.33 bits per heavy atom. The minimum atomic E-state index is 0.519. The summed E-state index contributed by atoms with van der Waals surface area (Å²) in [6, 6.07) is 8.69. The molecule has 1 N–H and O–H groups in total. The lowest BCUT2D eigenvalue weighted by molar-refractivity contribution is 0.208. The predicted molar refractivity (Wildman–Crippen MR) is 76.3 cm³/mol. The molecular formula is C15H24N2O. The molecule has 1 fully saturated rings. The number of nitrogens with one attached hydrogen (secondary N) is 1. The van der Waals surface area contributed by atoms with Gasteiger partial charge in [-0.05, 0) is 58.0 Å². The summed E-state index contributed by atoms with van der Waals surface area (Å²) in [6.07, 6.45) is 2.57. The normalized spacial score (nSPS) is 19.5. The fourth-order valence-electron chi connectivity index (χ4n) is 2.62. The van der Waals surface area contributed by atoms with E-state index in [0.29, 0.717) is 6.04 Å². The Hall–Kier alpha value is -1.22. The van der Waals surface area contributed by atoms with Crippen LogP contribution in [0.3, 0.4) is 0 Å². The van der Waals surface area contributed by atoms with E-state index in [1.165, 1.54) is 25.9 Å². The summed E-state index contributed by atoms with van der Waals surface area (Å²) in [5.74, 6) is 1.68. The summed E-state index contributed by atoms with van der Waals surface area (Å²) in [6.45, 7) is 4.72. The fraction of sp³-hybridized carbons (Fsp3) is 0.600. The summed E-state index contributed by atoms with van der Waals surface area (Å²) in [5, 5.41) is 3.60. The van der Waals surface area contributed by atoms with Crippen LogP contribution >= 0.6 is 0 Å². The van der Waals surface area contributed by atoms with Crippen molar-refractivity contribution in [3.8, 4) is 5.75 Å². The van der Waals surface area contributed by atoms with Gasteiger partial charge in [-0.15, -0.1) is 0 Å². The van der Waals surface area contributed by atoms with Gasteiger partial charge in [-0.2, -0.15) is 0 Å². The lowest BCUT2D eigenvalue weighted by Gasteiger charge is -2.33. The summed E-state index contributed by atoms with van der Waals surface area (Å²) in [4.78, 5) is 2.41. The number of benzene rings is 1. The van der Waals surface area contributed by atoms with Gasteiger partial charge in [0.05, 0.1) is 7.11 Å². The van der Waals surface area contributed by atoms with Crippen molar-refractivity contribution in [3.05, 3.63) is 24.3 Å². The van der Waals surface area contributed by atoms with Crippen LogP contribution in [0.15, 0.2) is 24.3 Å². The first-order valence-corrected chi connectivity index (χ1v) is 6.78. The molecule has 0 saturated carbocycles. The Morgan fingerprint density at radius 2 is 2.06 bits per heavy atom. The average Bonchev–Trinajstić information content (AvgIpc) is 2.39. The Balaban J connectivity index is 1.91. The zero-order valence-corrected chi connectivity index (χ0v) is 11.6. The van der Waals surface area contributed by atoms with E-state index < -0.39 is 0 Å². The van der Waals surface area contributed by atoms with Crippen molar-refractivity contribution in [1.29, 1.82) is 0 Å². The minimum Gasteiger partial charge on any atom is -0.497 e. The summed E-state index contributed by atoms with van der Waals surface area (Å²) in [7, 11) is 3.91. The van der Waals surface area contributed by atoms with Crippen molar-refractivity contribution in [2.45, 2.75) is 25.8 Å². The molecule has 1 atom stereocenters. The van der Waals surface area contributed by atoms with Crippen molar-refractivity contribution in [1.82, 2.24) is 4.90 Å². The maximum Gasteiger partial charge on any atom is 0.120 e. The Morgan fingerprint density at radius 3 is 2.72 bits per heavy atom. The quantitative estimate of drug-likeness (QED) is 0.886. The van der Waals surface area contributed by atoms with Crippen molar-refractivity contribution in [2.24, 2.45) is 5.92 Å². The molecule has 3 nitrogen and oxygen atoms in total. The number of likely N-dealkylation sites (tertiary alicyclic amines) is 1. The van der Waals surface area contributed by atoms with Crippen LogP contribution in [0.1, 0.15) is 19.8 Å². The van der Waals surface area contributed by atoms with Crippen molar-refractivity contribution in [3.63, 3.8) is 0 Å². The smallest absolute Gasteiger partial charge is 0.120 e. The van der Waals surface area contributed by atoms with Gasteiger partial charge in [-0.3, -0.25) is 0 Å². The third-order valence-electron chi connectivity index (χ3n) is 3.93. The Labute approximate surface area is 110 Å². The maximum atomic E-state index is 5.25. The van der Waals surface area contributed by atoms with E-state index in [9.17, 15) is 0 Å². The topological polar surface area (TPSA) is 24.5 Å². The van der Waals surface area contributed by atoms with Gasteiger partial charge in [0.25, 0.3) is 0 Å². The highest BCUT2D eigenvalue weighted by Crippen LogP contribution is 2.24. The molecule has 100 valence electrons. The number of piperidine rings is 1. The third-order valence-corrected chi connectivity index (χ3v) is 3.93. The zero-order valence-electron chi connectivity index (χ0n) is 11.6. The zero-order chi connectivity index (χ0) is 13.0. The molecule has 1 saturated heterocycles. The predicted octanol–water partition coefficient (Wildman–Crippen LogP) is 2.84. The Bertz CT molecular complexity index is 373. The average molecular weight is 248 g/mol. The minimum absolute atomic E-state index is 0.519. The molecule has 2 rings (SSSR count). The molecule has 1 unspecified atom stereocenters. The number of hydrogen-bond donors (Lipinski definition) is 1. The first-order chi connectivity index (χ1) is 8.69. The van der Waals surface area contributed by atoms with Crippen LogP contribution in [0.5, 0.6) is 5.75 Å². The lowest BCUT2D eigenvalue weighted by Crippen LogP contribution is -2.37. The highest BCUT2D eigenvalue weighted by Gasteiger charge is 2.22. The van der Waals surface area contributed by atoms with Crippen LogP contribution in [-0.4, -0.2) is 38.2 Å². The second-order valence-electron chi connectivity index (χ2n) is 5.31. The van der Waals surface area contributed by atoms with Crippen LogP contribution in [0, 0.1) is 5.92 Å². The van der Waals surface area contributed by atoms with Gasteiger partial charge in [-0.1, -0.05) is 6.07 Å². The van der Waals surface area contributed by atoms with E-state index in [4.69, 9.17) is 4.74 Å². The second kappa shape index (κ2) is 6.10. The highest BCUT2D eigenvalue weighted by atomic mass is 16.5. The first kappa shape index (κ1) is 13.2. The van der Waals surface area contributed by atoms with Crippen molar-refractivity contribution >= 4 is 5.69 Å². The van der Waals surface area contributed by atoms with Gasteiger partial charge in [-0.25, -0.2) is 0 Å². The molecular weight excluding hydrogens is 224 g/mol. The summed E-state index contributed by atoms with van der Waals surface area (Å²) < 4.78 is 5.25. The maximum absolute atomic E-state index is 5.25. The van der Waals surface area contributed by atoms with E-state index >= 15 is 0 Å². The molecule has 1 aliphatic rings. The molecule has 0 aromatic heterocycles. The summed E-state index contributed by atoms with van der Waals surface area (Å²) in [5.41, 5.74) is 1.15. The molecule has 0 spiro atoms. The number of anilines is 1. The van der Waals surface area contributed by atoms with Gasteiger partial charge < -0.3 is 15.0 Å². The molecule has 1 aliphatic heterocycles. The molecule has 0 amide bonds. The van der Waals surface area contributed by atoms with E-state index in [1.54, 1.807) is 7.11 Å². The van der Waals surface area contributed by atoms with Crippen LogP contribution in [-0.2, 0) is 0 Å². The fourth-order valence-corrected chi connectivity index (χ4v) is 2.62. The Kier molecular flexibility index (Phi) is 4.48. The lowest BCUT2D eigenvalue weighted by atomic mass is 9.90. The number of nitrogens with zero attached hydrogens (tertiary/aromatic N) is 1.